The van der Waals surface area contributed by atoms with E-state index in [9.17, 15) is 5.11 Å². The molecule has 0 aliphatic carbocycles. The van der Waals surface area contributed by atoms with Gasteiger partial charge < -0.3 is 5.11 Å². The summed E-state index contributed by atoms with van der Waals surface area (Å²) >= 11 is 0. The molecule has 2 heteroatoms. The Labute approximate surface area is 97.9 Å². The van der Waals surface area contributed by atoms with E-state index in [4.69, 9.17) is 0 Å². The van der Waals surface area contributed by atoms with Gasteiger partial charge >= 0.3 is 0 Å². The molecule has 16 heavy (non-hydrogen) atoms. The molecule has 1 fully saturated rings. The number of hydrogen-bond acceptors (Lipinski definition) is 2. The minimum atomic E-state index is -0.103. The standard InChI is InChI=1S/C14H21NO/c1-11-3-5-13(6-4-11)10-15-8-7-14(16)12(2)9-15/h3-6,12,14,16H,7-10H2,1-2H3/t12-,14-/m0/s1. The molecular formula is C14H21NO. The fraction of sp³-hybridized carbons (Fsp3) is 0.571. The highest BCUT2D eigenvalue weighted by Gasteiger charge is 2.23. The van der Waals surface area contributed by atoms with Crippen molar-refractivity contribution in [1.82, 2.24) is 4.90 Å². The van der Waals surface area contributed by atoms with Crippen LogP contribution in [0.2, 0.25) is 0 Å². The molecule has 0 bridgehead atoms. The molecule has 88 valence electrons. The maximum absolute atomic E-state index is 9.67. The van der Waals surface area contributed by atoms with Crippen molar-refractivity contribution in [3.63, 3.8) is 0 Å². The first-order chi connectivity index (χ1) is 7.65. The topological polar surface area (TPSA) is 23.5 Å². The van der Waals surface area contributed by atoms with Gasteiger partial charge in [-0.15, -0.1) is 0 Å². The first-order valence-corrected chi connectivity index (χ1v) is 6.11. The fourth-order valence-electron chi connectivity index (χ4n) is 2.31. The summed E-state index contributed by atoms with van der Waals surface area (Å²) in [6, 6.07) is 8.73. The molecule has 1 heterocycles. The molecular weight excluding hydrogens is 198 g/mol. The van der Waals surface area contributed by atoms with E-state index in [1.807, 2.05) is 0 Å². The second-order valence-electron chi connectivity index (χ2n) is 5.05. The van der Waals surface area contributed by atoms with Gasteiger partial charge in [0.25, 0.3) is 0 Å². The van der Waals surface area contributed by atoms with Gasteiger partial charge in [-0.1, -0.05) is 36.8 Å². The molecule has 0 amide bonds. The summed E-state index contributed by atoms with van der Waals surface area (Å²) < 4.78 is 0. The lowest BCUT2D eigenvalue weighted by atomic mass is 9.96. The average Bonchev–Trinajstić information content (AvgIpc) is 2.27. The normalized spacial score (nSPS) is 26.9. The van der Waals surface area contributed by atoms with E-state index >= 15 is 0 Å². The van der Waals surface area contributed by atoms with Crippen molar-refractivity contribution in [2.75, 3.05) is 13.1 Å². The van der Waals surface area contributed by atoms with Crippen LogP contribution in [0.3, 0.4) is 0 Å². The van der Waals surface area contributed by atoms with Crippen molar-refractivity contribution >= 4 is 0 Å². The number of aliphatic hydroxyl groups is 1. The van der Waals surface area contributed by atoms with Gasteiger partial charge in [-0.3, -0.25) is 4.90 Å². The Kier molecular flexibility index (Phi) is 3.62. The first kappa shape index (κ1) is 11.6. The van der Waals surface area contributed by atoms with Crippen LogP contribution in [0.25, 0.3) is 0 Å². The minimum absolute atomic E-state index is 0.103. The summed E-state index contributed by atoms with van der Waals surface area (Å²) in [6.07, 6.45) is 0.807. The van der Waals surface area contributed by atoms with Gasteiger partial charge in [0.15, 0.2) is 0 Å². The van der Waals surface area contributed by atoms with Gasteiger partial charge in [-0.05, 0) is 24.8 Å². The van der Waals surface area contributed by atoms with Gasteiger partial charge in [0.05, 0.1) is 6.10 Å². The number of rotatable bonds is 2. The molecule has 1 N–H and O–H groups in total. The molecule has 0 spiro atoms. The van der Waals surface area contributed by atoms with Gasteiger partial charge in [0.2, 0.25) is 0 Å². The molecule has 2 rings (SSSR count). The molecule has 0 saturated carbocycles. The van der Waals surface area contributed by atoms with Crippen molar-refractivity contribution in [2.45, 2.75) is 32.9 Å². The van der Waals surface area contributed by atoms with Gasteiger partial charge in [-0.2, -0.15) is 0 Å². The van der Waals surface area contributed by atoms with Crippen LogP contribution in [0.1, 0.15) is 24.5 Å². The number of aryl methyl sites for hydroxylation is 1. The van der Waals surface area contributed by atoms with E-state index in [1.54, 1.807) is 0 Å². The number of benzene rings is 1. The van der Waals surface area contributed by atoms with Crippen molar-refractivity contribution in [2.24, 2.45) is 5.92 Å². The lowest BCUT2D eigenvalue weighted by molar-refractivity contribution is 0.0320. The summed E-state index contributed by atoms with van der Waals surface area (Å²) in [5, 5.41) is 9.67. The second-order valence-corrected chi connectivity index (χ2v) is 5.05. The van der Waals surface area contributed by atoms with Crippen molar-refractivity contribution in [3.05, 3.63) is 35.4 Å². The predicted octanol–water partition coefficient (Wildman–Crippen LogP) is 2.20. The minimum Gasteiger partial charge on any atom is -0.393 e. The SMILES string of the molecule is Cc1ccc(CN2CC[C@H](O)[C@@H](C)C2)cc1. The number of hydrogen-bond donors (Lipinski definition) is 1. The van der Waals surface area contributed by atoms with Gasteiger partial charge in [0, 0.05) is 19.6 Å². The van der Waals surface area contributed by atoms with E-state index in [0.717, 1.165) is 26.1 Å². The average molecular weight is 219 g/mol. The van der Waals surface area contributed by atoms with Crippen LogP contribution in [-0.2, 0) is 6.54 Å². The molecule has 1 aromatic carbocycles. The summed E-state index contributed by atoms with van der Waals surface area (Å²) in [5.41, 5.74) is 2.68. The Morgan fingerprint density at radius 2 is 2.00 bits per heavy atom. The van der Waals surface area contributed by atoms with Crippen LogP contribution >= 0.6 is 0 Å². The third kappa shape index (κ3) is 2.83. The fourth-order valence-corrected chi connectivity index (χ4v) is 2.31. The number of aliphatic hydroxyl groups excluding tert-OH is 1. The lowest BCUT2D eigenvalue weighted by Crippen LogP contribution is -2.41. The highest BCUT2D eigenvalue weighted by atomic mass is 16.3. The Hall–Kier alpha value is -0.860. The Morgan fingerprint density at radius 3 is 2.62 bits per heavy atom. The van der Waals surface area contributed by atoms with Crippen LogP contribution in [-0.4, -0.2) is 29.2 Å². The maximum Gasteiger partial charge on any atom is 0.0590 e. The summed E-state index contributed by atoms with van der Waals surface area (Å²) in [7, 11) is 0. The van der Waals surface area contributed by atoms with Crippen molar-refractivity contribution < 1.29 is 5.11 Å². The van der Waals surface area contributed by atoms with Gasteiger partial charge in [0.1, 0.15) is 0 Å². The largest absolute Gasteiger partial charge is 0.393 e. The monoisotopic (exact) mass is 219 g/mol. The van der Waals surface area contributed by atoms with Crippen LogP contribution in [0.15, 0.2) is 24.3 Å². The molecule has 2 nitrogen and oxygen atoms in total. The molecule has 0 radical (unpaired) electrons. The second kappa shape index (κ2) is 4.98. The molecule has 0 aromatic heterocycles. The van der Waals surface area contributed by atoms with Crippen LogP contribution in [0.5, 0.6) is 0 Å². The van der Waals surface area contributed by atoms with E-state index in [1.165, 1.54) is 11.1 Å². The Bertz CT molecular complexity index is 333. The van der Waals surface area contributed by atoms with Crippen molar-refractivity contribution in [3.8, 4) is 0 Å². The third-order valence-corrected chi connectivity index (χ3v) is 3.47. The highest BCUT2D eigenvalue weighted by molar-refractivity contribution is 5.21. The van der Waals surface area contributed by atoms with Crippen molar-refractivity contribution in [1.29, 1.82) is 0 Å². The molecule has 1 aliphatic heterocycles. The lowest BCUT2D eigenvalue weighted by Gasteiger charge is -2.34. The zero-order valence-corrected chi connectivity index (χ0v) is 10.2. The van der Waals surface area contributed by atoms with E-state index < -0.39 is 0 Å². The van der Waals surface area contributed by atoms with Gasteiger partial charge in [-0.25, -0.2) is 0 Å². The Morgan fingerprint density at radius 1 is 1.31 bits per heavy atom. The molecule has 1 aliphatic rings. The molecule has 1 saturated heterocycles. The van der Waals surface area contributed by atoms with Crippen LogP contribution < -0.4 is 0 Å². The van der Waals surface area contributed by atoms with E-state index in [2.05, 4.69) is 43.0 Å². The maximum atomic E-state index is 9.67. The Balaban J connectivity index is 1.93. The predicted molar refractivity (Wildman–Crippen MR) is 66.2 cm³/mol. The number of piperidine rings is 1. The van der Waals surface area contributed by atoms with Crippen LogP contribution in [0.4, 0.5) is 0 Å². The number of likely N-dealkylation sites (tertiary alicyclic amines) is 1. The summed E-state index contributed by atoms with van der Waals surface area (Å²) in [5.74, 6) is 0.402. The third-order valence-electron chi connectivity index (χ3n) is 3.47. The zero-order valence-electron chi connectivity index (χ0n) is 10.2. The first-order valence-electron chi connectivity index (χ1n) is 6.11. The highest BCUT2D eigenvalue weighted by Crippen LogP contribution is 2.18. The quantitative estimate of drug-likeness (QED) is 0.824. The molecule has 1 aromatic rings. The van der Waals surface area contributed by atoms with Crippen LogP contribution in [0, 0.1) is 12.8 Å². The molecule has 2 atom stereocenters. The molecule has 0 unspecified atom stereocenters. The number of nitrogens with zero attached hydrogens (tertiary/aromatic N) is 1. The zero-order chi connectivity index (χ0) is 11.5. The van der Waals surface area contributed by atoms with E-state index in [0.29, 0.717) is 5.92 Å². The van der Waals surface area contributed by atoms with E-state index in [-0.39, 0.29) is 6.10 Å². The smallest absolute Gasteiger partial charge is 0.0590 e. The summed E-state index contributed by atoms with van der Waals surface area (Å²) in [6.45, 7) is 7.28. The summed E-state index contributed by atoms with van der Waals surface area (Å²) in [4.78, 5) is 2.43.